The molecule has 2 fully saturated rings. The maximum absolute atomic E-state index is 13.2. The zero-order valence-electron chi connectivity index (χ0n) is 22.1. The Morgan fingerprint density at radius 1 is 1.00 bits per heavy atom. The van der Waals surface area contributed by atoms with Crippen LogP contribution in [0.3, 0.4) is 0 Å². The third-order valence-electron chi connectivity index (χ3n) is 7.33. The predicted octanol–water partition coefficient (Wildman–Crippen LogP) is 5.73. The van der Waals surface area contributed by atoms with Crippen molar-refractivity contribution in [2.24, 2.45) is 0 Å². The van der Waals surface area contributed by atoms with Crippen LogP contribution in [0.1, 0.15) is 41.6 Å². The van der Waals surface area contributed by atoms with E-state index in [1.807, 2.05) is 41.3 Å². The van der Waals surface area contributed by atoms with Crippen molar-refractivity contribution < 1.29 is 23.0 Å². The lowest BCUT2D eigenvalue weighted by Crippen LogP contribution is -2.47. The van der Waals surface area contributed by atoms with E-state index in [1.165, 1.54) is 6.07 Å². The number of benzene rings is 2. The minimum Gasteiger partial charge on any atom is -0.486 e. The Morgan fingerprint density at radius 2 is 1.72 bits per heavy atom. The molecule has 0 spiro atoms. The lowest BCUT2D eigenvalue weighted by Gasteiger charge is -2.32. The van der Waals surface area contributed by atoms with E-state index in [9.17, 15) is 13.6 Å². The molecule has 0 unspecified atom stereocenters. The minimum absolute atomic E-state index is 0.0214. The van der Waals surface area contributed by atoms with Crippen molar-refractivity contribution in [1.82, 2.24) is 14.8 Å². The number of anilines is 2. The van der Waals surface area contributed by atoms with Gasteiger partial charge in [-0.25, -0.2) is 0 Å². The SMILES string of the molecule is CN1CCN(C(=O)c2ccc(N(Cc3cccnc3)c3ccc(OC(F)F)c(OC4CCCC4)c3)cc2)CC1. The molecular formula is C30H34F2N4O3. The molecule has 0 N–H and O–H groups in total. The van der Waals surface area contributed by atoms with Crippen LogP contribution < -0.4 is 14.4 Å². The summed E-state index contributed by atoms with van der Waals surface area (Å²) in [4.78, 5) is 23.5. The summed E-state index contributed by atoms with van der Waals surface area (Å²) in [6.45, 7) is 0.677. The highest BCUT2D eigenvalue weighted by molar-refractivity contribution is 5.94. The van der Waals surface area contributed by atoms with Gasteiger partial charge in [0.1, 0.15) is 0 Å². The molecule has 3 aromatic rings. The largest absolute Gasteiger partial charge is 0.486 e. The van der Waals surface area contributed by atoms with Gasteiger partial charge < -0.3 is 24.2 Å². The smallest absolute Gasteiger partial charge is 0.387 e. The summed E-state index contributed by atoms with van der Waals surface area (Å²) in [5, 5.41) is 0. The van der Waals surface area contributed by atoms with Crippen molar-refractivity contribution in [2.75, 3.05) is 38.1 Å². The van der Waals surface area contributed by atoms with E-state index in [0.29, 0.717) is 30.9 Å². The third kappa shape index (κ3) is 6.84. The van der Waals surface area contributed by atoms with Gasteiger partial charge in [0.25, 0.3) is 5.91 Å². The molecule has 0 radical (unpaired) electrons. The van der Waals surface area contributed by atoms with Crippen LogP contribution in [0.25, 0.3) is 0 Å². The molecule has 1 aliphatic carbocycles. The number of aromatic nitrogens is 1. The summed E-state index contributed by atoms with van der Waals surface area (Å²) in [7, 11) is 2.06. The number of hydrogen-bond donors (Lipinski definition) is 0. The van der Waals surface area contributed by atoms with E-state index in [1.54, 1.807) is 24.5 Å². The van der Waals surface area contributed by atoms with Crippen LogP contribution in [0.5, 0.6) is 11.5 Å². The molecule has 1 aromatic heterocycles. The van der Waals surface area contributed by atoms with Gasteiger partial charge in [0.2, 0.25) is 0 Å². The summed E-state index contributed by atoms with van der Waals surface area (Å²) in [6.07, 6.45) is 7.39. The number of nitrogens with zero attached hydrogens (tertiary/aromatic N) is 4. The Labute approximate surface area is 227 Å². The topological polar surface area (TPSA) is 58.1 Å². The van der Waals surface area contributed by atoms with Gasteiger partial charge in [0.15, 0.2) is 11.5 Å². The molecule has 0 atom stereocenters. The molecule has 2 aliphatic rings. The highest BCUT2D eigenvalue weighted by atomic mass is 19.3. The van der Waals surface area contributed by atoms with Crippen molar-refractivity contribution in [3.05, 3.63) is 78.1 Å². The summed E-state index contributed by atoms with van der Waals surface area (Å²) in [5.41, 5.74) is 3.21. The molecule has 1 saturated heterocycles. The van der Waals surface area contributed by atoms with Crippen molar-refractivity contribution in [3.8, 4) is 11.5 Å². The number of alkyl halides is 2. The average Bonchev–Trinajstić information content (AvgIpc) is 3.46. The Morgan fingerprint density at radius 3 is 2.38 bits per heavy atom. The van der Waals surface area contributed by atoms with E-state index in [4.69, 9.17) is 9.47 Å². The molecule has 206 valence electrons. The standard InChI is InChI=1S/C30H34F2N4O3/c1-34-15-17-35(18-16-34)29(37)23-8-10-24(11-9-23)36(21-22-5-4-14-33-20-22)25-12-13-27(39-30(31)32)28(19-25)38-26-6-2-3-7-26/h4-5,8-14,19-20,26,30H,2-3,6-7,15-18,21H2,1H3. The van der Waals surface area contributed by atoms with E-state index >= 15 is 0 Å². The van der Waals surface area contributed by atoms with E-state index < -0.39 is 6.61 Å². The molecule has 1 amide bonds. The maximum Gasteiger partial charge on any atom is 0.387 e. The third-order valence-corrected chi connectivity index (χ3v) is 7.33. The first-order chi connectivity index (χ1) is 19.0. The Hall–Kier alpha value is -3.72. The second-order valence-electron chi connectivity index (χ2n) is 10.1. The summed E-state index contributed by atoms with van der Waals surface area (Å²) >= 11 is 0. The minimum atomic E-state index is -2.95. The number of likely N-dealkylation sites (N-methyl/N-ethyl adjacent to an activating group) is 1. The quantitative estimate of drug-likeness (QED) is 0.348. The molecule has 9 heteroatoms. The first kappa shape index (κ1) is 26.9. The first-order valence-electron chi connectivity index (χ1n) is 13.5. The monoisotopic (exact) mass is 536 g/mol. The summed E-state index contributed by atoms with van der Waals surface area (Å²) in [6, 6.07) is 16.4. The van der Waals surface area contributed by atoms with Crippen LogP contribution in [0, 0.1) is 0 Å². The Bertz CT molecular complexity index is 1230. The number of carbonyl (C=O) groups is 1. The predicted molar refractivity (Wildman–Crippen MR) is 146 cm³/mol. The number of rotatable bonds is 9. The van der Waals surface area contributed by atoms with Gasteiger partial charge in [-0.15, -0.1) is 0 Å². The van der Waals surface area contributed by atoms with Gasteiger partial charge in [-0.2, -0.15) is 8.78 Å². The normalized spacial score (nSPS) is 16.5. The molecule has 2 aromatic carbocycles. The highest BCUT2D eigenvalue weighted by Crippen LogP contribution is 2.38. The summed E-state index contributed by atoms with van der Waals surface area (Å²) in [5.74, 6) is 0.349. The van der Waals surface area contributed by atoms with Crippen molar-refractivity contribution in [2.45, 2.75) is 44.9 Å². The van der Waals surface area contributed by atoms with Crippen LogP contribution in [0.15, 0.2) is 67.0 Å². The fraction of sp³-hybridized carbons (Fsp3) is 0.400. The lowest BCUT2D eigenvalue weighted by atomic mass is 10.1. The highest BCUT2D eigenvalue weighted by Gasteiger charge is 2.23. The molecule has 1 saturated carbocycles. The van der Waals surface area contributed by atoms with Crippen molar-refractivity contribution in [3.63, 3.8) is 0 Å². The van der Waals surface area contributed by atoms with Crippen molar-refractivity contribution in [1.29, 1.82) is 0 Å². The fourth-order valence-corrected chi connectivity index (χ4v) is 5.12. The number of pyridine rings is 1. The zero-order valence-corrected chi connectivity index (χ0v) is 22.1. The van der Waals surface area contributed by atoms with Gasteiger partial charge in [-0.1, -0.05) is 6.07 Å². The fourth-order valence-electron chi connectivity index (χ4n) is 5.12. The van der Waals surface area contributed by atoms with Crippen LogP contribution in [0.4, 0.5) is 20.2 Å². The van der Waals surface area contributed by atoms with Crippen LogP contribution >= 0.6 is 0 Å². The van der Waals surface area contributed by atoms with Crippen LogP contribution in [0.2, 0.25) is 0 Å². The van der Waals surface area contributed by atoms with Gasteiger partial charge >= 0.3 is 6.61 Å². The molecular weight excluding hydrogens is 502 g/mol. The number of amides is 1. The molecule has 2 heterocycles. The van der Waals surface area contributed by atoms with Gasteiger partial charge in [-0.3, -0.25) is 9.78 Å². The second kappa shape index (κ2) is 12.4. The van der Waals surface area contributed by atoms with Crippen LogP contribution in [-0.2, 0) is 6.54 Å². The maximum atomic E-state index is 13.2. The molecule has 7 nitrogen and oxygen atoms in total. The van der Waals surface area contributed by atoms with E-state index in [0.717, 1.165) is 55.7 Å². The lowest BCUT2D eigenvalue weighted by molar-refractivity contribution is -0.0520. The molecule has 0 bridgehead atoms. The number of halogens is 2. The molecule has 5 rings (SSSR count). The number of hydrogen-bond acceptors (Lipinski definition) is 6. The number of carbonyl (C=O) groups excluding carboxylic acids is 1. The van der Waals surface area contributed by atoms with Gasteiger partial charge in [0.05, 0.1) is 6.10 Å². The van der Waals surface area contributed by atoms with Gasteiger partial charge in [-0.05, 0) is 80.8 Å². The zero-order chi connectivity index (χ0) is 27.2. The second-order valence-corrected chi connectivity index (χ2v) is 10.1. The first-order valence-corrected chi connectivity index (χ1v) is 13.5. The molecule has 1 aliphatic heterocycles. The number of ether oxygens (including phenoxy) is 2. The Balaban J connectivity index is 1.44. The van der Waals surface area contributed by atoms with Gasteiger partial charge in [0, 0.05) is 68.1 Å². The van der Waals surface area contributed by atoms with Crippen molar-refractivity contribution >= 4 is 17.3 Å². The van der Waals surface area contributed by atoms with E-state index in [2.05, 4.69) is 21.8 Å². The average molecular weight is 537 g/mol. The summed E-state index contributed by atoms with van der Waals surface area (Å²) < 4.78 is 37.3. The van der Waals surface area contributed by atoms with E-state index in [-0.39, 0.29) is 17.8 Å². The Kier molecular flexibility index (Phi) is 8.56. The molecule has 39 heavy (non-hydrogen) atoms. The van der Waals surface area contributed by atoms with Crippen LogP contribution in [-0.4, -0.2) is 66.6 Å². The number of piperazine rings is 1.